The smallest absolute Gasteiger partial charge is 0.245 e. The van der Waals surface area contributed by atoms with Crippen molar-refractivity contribution in [3.63, 3.8) is 0 Å². The first kappa shape index (κ1) is 18.4. The lowest BCUT2D eigenvalue weighted by molar-refractivity contribution is -0.153. The van der Waals surface area contributed by atoms with Gasteiger partial charge < -0.3 is 10.2 Å². The second-order valence-corrected chi connectivity index (χ2v) is 8.35. The van der Waals surface area contributed by atoms with Gasteiger partial charge in [-0.25, -0.2) is 0 Å². The zero-order chi connectivity index (χ0) is 18.8. The molecule has 6 heteroatoms. The van der Waals surface area contributed by atoms with Crippen LogP contribution >= 0.6 is 0 Å². The number of aryl methyl sites for hydroxylation is 1. The highest BCUT2D eigenvalue weighted by Gasteiger charge is 2.43. The van der Waals surface area contributed by atoms with Gasteiger partial charge in [-0.15, -0.1) is 0 Å². The average Bonchev–Trinajstić information content (AvgIpc) is 2.67. The molecule has 0 radical (unpaired) electrons. The Kier molecular flexibility index (Phi) is 5.43. The number of nitrogens with zero attached hydrogens (tertiary/aromatic N) is 3. The molecule has 146 valence electrons. The van der Waals surface area contributed by atoms with Crippen LogP contribution in [0.15, 0.2) is 18.2 Å². The summed E-state index contributed by atoms with van der Waals surface area (Å²) in [7, 11) is 0. The quantitative estimate of drug-likeness (QED) is 0.879. The molecule has 2 saturated heterocycles. The van der Waals surface area contributed by atoms with Crippen molar-refractivity contribution >= 4 is 11.8 Å². The van der Waals surface area contributed by atoms with Crippen LogP contribution in [0.3, 0.4) is 0 Å². The van der Waals surface area contributed by atoms with Gasteiger partial charge in [0.25, 0.3) is 0 Å². The van der Waals surface area contributed by atoms with E-state index in [1.165, 1.54) is 32.1 Å². The van der Waals surface area contributed by atoms with Gasteiger partial charge >= 0.3 is 0 Å². The number of pyridine rings is 1. The molecule has 2 atom stereocenters. The summed E-state index contributed by atoms with van der Waals surface area (Å²) < 4.78 is 0. The first-order valence-electron chi connectivity index (χ1n) is 10.4. The minimum Gasteiger partial charge on any atom is -0.342 e. The summed E-state index contributed by atoms with van der Waals surface area (Å²) in [6.07, 6.45) is 7.02. The summed E-state index contributed by atoms with van der Waals surface area (Å²) in [6, 6.07) is 5.34. The van der Waals surface area contributed by atoms with E-state index >= 15 is 0 Å². The summed E-state index contributed by atoms with van der Waals surface area (Å²) in [5.41, 5.74) is 2.02. The van der Waals surface area contributed by atoms with Gasteiger partial charge in [-0.05, 0) is 31.4 Å². The fourth-order valence-electron chi connectivity index (χ4n) is 4.83. The maximum Gasteiger partial charge on any atom is 0.245 e. The molecule has 2 amide bonds. The van der Waals surface area contributed by atoms with Gasteiger partial charge in [0.05, 0.1) is 5.69 Å². The van der Waals surface area contributed by atoms with Crippen LogP contribution in [0.2, 0.25) is 0 Å². The molecule has 3 heterocycles. The minimum atomic E-state index is -0.362. The number of hydrogen-bond acceptors (Lipinski definition) is 4. The predicted octanol–water partition coefficient (Wildman–Crippen LogP) is 1.87. The van der Waals surface area contributed by atoms with Crippen molar-refractivity contribution in [3.8, 4) is 0 Å². The van der Waals surface area contributed by atoms with Crippen LogP contribution < -0.4 is 5.32 Å². The van der Waals surface area contributed by atoms with Gasteiger partial charge in [0.15, 0.2) is 0 Å². The Morgan fingerprint density at radius 2 is 1.96 bits per heavy atom. The monoisotopic (exact) mass is 370 g/mol. The van der Waals surface area contributed by atoms with Gasteiger partial charge in [-0.1, -0.05) is 38.2 Å². The van der Waals surface area contributed by atoms with Crippen LogP contribution in [0.1, 0.15) is 49.9 Å². The highest BCUT2D eigenvalue weighted by atomic mass is 16.2. The Balaban J connectivity index is 1.37. The van der Waals surface area contributed by atoms with E-state index in [1.807, 2.05) is 30.0 Å². The van der Waals surface area contributed by atoms with Gasteiger partial charge in [0.2, 0.25) is 11.8 Å². The standard InChI is InChI=1S/C21H30N4O2/c1-15-6-5-9-17(22-15)13-24-10-11-25-19(14-24)20(26)23-18(21(25)27)12-16-7-3-2-4-8-16/h5-6,9,16,18-19H,2-4,7-8,10-14H2,1H3,(H,23,26)/t18-,19+/m0/s1. The van der Waals surface area contributed by atoms with Crippen LogP contribution in [0, 0.1) is 12.8 Å². The van der Waals surface area contributed by atoms with Crippen molar-refractivity contribution in [3.05, 3.63) is 29.6 Å². The number of amides is 2. The largest absolute Gasteiger partial charge is 0.342 e. The maximum absolute atomic E-state index is 13.0. The molecule has 3 fully saturated rings. The highest BCUT2D eigenvalue weighted by Crippen LogP contribution is 2.29. The van der Waals surface area contributed by atoms with E-state index in [-0.39, 0.29) is 23.9 Å². The molecular weight excluding hydrogens is 340 g/mol. The van der Waals surface area contributed by atoms with Crippen LogP contribution in [0.25, 0.3) is 0 Å². The fourth-order valence-corrected chi connectivity index (χ4v) is 4.83. The number of carbonyl (C=O) groups is 2. The zero-order valence-electron chi connectivity index (χ0n) is 16.2. The molecular formula is C21H30N4O2. The topological polar surface area (TPSA) is 65.5 Å². The lowest BCUT2D eigenvalue weighted by atomic mass is 9.84. The van der Waals surface area contributed by atoms with Crippen molar-refractivity contribution in [2.75, 3.05) is 19.6 Å². The Hall–Kier alpha value is -1.95. The van der Waals surface area contributed by atoms with E-state index in [1.54, 1.807) is 0 Å². The van der Waals surface area contributed by atoms with Gasteiger partial charge in [-0.3, -0.25) is 19.5 Å². The molecule has 1 aliphatic carbocycles. The van der Waals surface area contributed by atoms with E-state index < -0.39 is 0 Å². The van der Waals surface area contributed by atoms with Crippen LogP contribution in [-0.2, 0) is 16.1 Å². The summed E-state index contributed by atoms with van der Waals surface area (Å²) in [5, 5.41) is 3.03. The number of carbonyl (C=O) groups excluding carboxylic acids is 2. The molecule has 4 rings (SSSR count). The lowest BCUT2D eigenvalue weighted by Gasteiger charge is -2.45. The molecule has 3 aliphatic rings. The normalized spacial score (nSPS) is 27.4. The third-order valence-corrected chi connectivity index (χ3v) is 6.29. The SMILES string of the molecule is Cc1cccc(CN2CCN3C(=O)[C@H](CC4CCCCC4)NC(=O)[C@H]3C2)n1. The van der Waals surface area contributed by atoms with Crippen molar-refractivity contribution in [1.29, 1.82) is 0 Å². The van der Waals surface area contributed by atoms with Gasteiger partial charge in [0, 0.05) is 31.9 Å². The van der Waals surface area contributed by atoms with Crippen molar-refractivity contribution < 1.29 is 9.59 Å². The number of hydrogen-bond donors (Lipinski definition) is 1. The number of aromatic nitrogens is 1. The van der Waals surface area contributed by atoms with Gasteiger partial charge in [0.1, 0.15) is 12.1 Å². The number of nitrogens with one attached hydrogen (secondary N) is 1. The van der Waals surface area contributed by atoms with E-state index in [0.29, 0.717) is 19.0 Å². The Labute approximate surface area is 161 Å². The van der Waals surface area contributed by atoms with Crippen LogP contribution in [0.4, 0.5) is 0 Å². The van der Waals surface area contributed by atoms with E-state index in [9.17, 15) is 9.59 Å². The highest BCUT2D eigenvalue weighted by molar-refractivity contribution is 5.97. The molecule has 27 heavy (non-hydrogen) atoms. The van der Waals surface area contributed by atoms with E-state index in [0.717, 1.165) is 30.9 Å². The Morgan fingerprint density at radius 3 is 2.74 bits per heavy atom. The van der Waals surface area contributed by atoms with E-state index in [4.69, 9.17) is 0 Å². The average molecular weight is 370 g/mol. The summed E-state index contributed by atoms with van der Waals surface area (Å²) in [6.45, 7) is 4.72. The third kappa shape index (κ3) is 4.15. The van der Waals surface area contributed by atoms with Crippen molar-refractivity contribution in [2.24, 2.45) is 5.92 Å². The fraction of sp³-hybridized carbons (Fsp3) is 0.667. The molecule has 0 unspecified atom stereocenters. The summed E-state index contributed by atoms with van der Waals surface area (Å²) >= 11 is 0. The Bertz CT molecular complexity index is 701. The molecule has 1 aromatic heterocycles. The van der Waals surface area contributed by atoms with Crippen LogP contribution in [0.5, 0.6) is 0 Å². The van der Waals surface area contributed by atoms with Gasteiger partial charge in [-0.2, -0.15) is 0 Å². The molecule has 0 bridgehead atoms. The molecule has 2 aliphatic heterocycles. The Morgan fingerprint density at radius 1 is 1.15 bits per heavy atom. The minimum absolute atomic E-state index is 0.0114. The van der Waals surface area contributed by atoms with E-state index in [2.05, 4.69) is 15.2 Å². The third-order valence-electron chi connectivity index (χ3n) is 6.29. The predicted molar refractivity (Wildman–Crippen MR) is 103 cm³/mol. The second-order valence-electron chi connectivity index (χ2n) is 8.35. The lowest BCUT2D eigenvalue weighted by Crippen LogP contribution is -2.69. The summed E-state index contributed by atoms with van der Waals surface area (Å²) in [4.78, 5) is 34.3. The van der Waals surface area contributed by atoms with Crippen molar-refractivity contribution in [1.82, 2.24) is 20.1 Å². The van der Waals surface area contributed by atoms with Crippen molar-refractivity contribution in [2.45, 2.75) is 64.1 Å². The zero-order valence-corrected chi connectivity index (χ0v) is 16.2. The first-order valence-corrected chi connectivity index (χ1v) is 10.4. The summed E-state index contributed by atoms with van der Waals surface area (Å²) in [5.74, 6) is 0.717. The number of rotatable bonds is 4. The molecule has 6 nitrogen and oxygen atoms in total. The molecule has 0 aromatic carbocycles. The number of fused-ring (bicyclic) bond motifs is 1. The first-order chi connectivity index (χ1) is 13.1. The van der Waals surface area contributed by atoms with Crippen LogP contribution in [-0.4, -0.2) is 58.3 Å². The molecule has 0 spiro atoms. The molecule has 1 saturated carbocycles. The number of piperazine rings is 2. The molecule has 1 aromatic rings. The molecule has 1 N–H and O–H groups in total. The maximum atomic E-state index is 13.0. The second kappa shape index (κ2) is 7.97.